The number of rotatable bonds is 1. The third kappa shape index (κ3) is 1.88. The fraction of sp³-hybridized carbons (Fsp3) is 0.684. The summed E-state index contributed by atoms with van der Waals surface area (Å²) in [5.41, 5.74) is -5.13. The van der Waals surface area contributed by atoms with Gasteiger partial charge in [0.05, 0.1) is 11.2 Å². The van der Waals surface area contributed by atoms with Gasteiger partial charge in [0, 0.05) is 32.0 Å². The average Bonchev–Trinajstić information content (AvgIpc) is 2.75. The molecule has 0 amide bonds. The Morgan fingerprint density at radius 2 is 2.43 bits per heavy atom. The molecule has 1 unspecified atom stereocenters. The topological polar surface area (TPSA) is 12.5 Å². The molecule has 1 aromatic carbocycles. The highest BCUT2D eigenvalue weighted by atomic mass is 16.5. The number of hydrogen-bond acceptors (Lipinski definition) is 2. The van der Waals surface area contributed by atoms with Crippen molar-refractivity contribution in [1.82, 2.24) is 4.90 Å². The van der Waals surface area contributed by atoms with Crippen molar-refractivity contribution in [2.24, 2.45) is 11.8 Å². The molecule has 1 heterocycles. The fourth-order valence-electron chi connectivity index (χ4n) is 3.00. The quantitative estimate of drug-likeness (QED) is 0.785. The Bertz CT molecular complexity index is 1250. The molecular formula is C19H27NO. The van der Waals surface area contributed by atoms with E-state index in [4.69, 9.17) is 28.0 Å². The molecule has 2 aliphatic carbocycles. The number of methoxy groups -OCH3 is 1. The Kier molecular flexibility index (Phi) is 0.967. The third-order valence-corrected chi connectivity index (χ3v) is 4.02. The molecule has 3 aliphatic rings. The third-order valence-electron chi connectivity index (χ3n) is 4.02. The highest BCUT2D eigenvalue weighted by Crippen LogP contribution is 2.56. The van der Waals surface area contributed by atoms with Crippen molar-refractivity contribution in [3.05, 3.63) is 29.3 Å². The molecule has 0 radical (unpaired) electrons. The molecule has 21 heavy (non-hydrogen) atoms. The van der Waals surface area contributed by atoms with Crippen LogP contribution in [0.3, 0.4) is 0 Å². The zero-order chi connectivity index (χ0) is 30.5. The lowest BCUT2D eigenvalue weighted by Crippen LogP contribution is -2.60. The highest BCUT2D eigenvalue weighted by Gasteiger charge is 2.54. The van der Waals surface area contributed by atoms with E-state index in [1.54, 1.807) is 0 Å². The van der Waals surface area contributed by atoms with Crippen LogP contribution < -0.4 is 4.74 Å². The van der Waals surface area contributed by atoms with Gasteiger partial charge in [-0.2, -0.15) is 0 Å². The van der Waals surface area contributed by atoms with Gasteiger partial charge in [0.2, 0.25) is 0 Å². The van der Waals surface area contributed by atoms with E-state index in [2.05, 4.69) is 0 Å². The standard InChI is InChI=1S/C19H27NO/c1-13-6-7-19-8-9-20(2)18(17(19)10-13)11-14-4-5-15(21-3)12-16(14)19/h4-5,12-13,17-18H,6-11H2,1-3H3/t13?,17-,18+,19-/m1/s1/i2D3,4D,5D,6D2,7D2,8D2,9D2,10D2,12D,13D,17D. The van der Waals surface area contributed by atoms with E-state index in [0.717, 1.165) is 7.11 Å². The van der Waals surface area contributed by atoms with E-state index in [9.17, 15) is 1.37 Å². The van der Waals surface area contributed by atoms with E-state index in [-0.39, 0.29) is 4.90 Å². The minimum Gasteiger partial charge on any atom is -0.497 e. The molecule has 2 heteroatoms. The number of likely N-dealkylation sites (tertiary alicyclic amines) is 1. The minimum absolute atomic E-state index is 0.0595. The molecule has 1 saturated carbocycles. The maximum Gasteiger partial charge on any atom is 0.119 e. The zero-order valence-electron chi connectivity index (χ0n) is 29.6. The molecule has 2 fully saturated rings. The van der Waals surface area contributed by atoms with E-state index in [1.165, 1.54) is 0 Å². The second kappa shape index (κ2) is 4.74. The number of ether oxygens (including phenoxy) is 1. The van der Waals surface area contributed by atoms with Crippen LogP contribution in [0.15, 0.2) is 18.1 Å². The molecule has 1 aliphatic heterocycles. The highest BCUT2D eigenvalue weighted by molar-refractivity contribution is 5.45. The van der Waals surface area contributed by atoms with E-state index in [0.29, 0.717) is 6.92 Å². The number of benzene rings is 1. The van der Waals surface area contributed by atoms with Gasteiger partial charge in [-0.25, -0.2) is 0 Å². The molecule has 2 bridgehead atoms. The van der Waals surface area contributed by atoms with Crippen molar-refractivity contribution in [1.29, 1.82) is 0 Å². The monoisotopic (exact) mass is 303 g/mol. The summed E-state index contributed by atoms with van der Waals surface area (Å²) in [6.07, 6.45) is -16.0. The summed E-state index contributed by atoms with van der Waals surface area (Å²) in [6, 6.07) is -4.76. The lowest BCUT2D eigenvalue weighted by atomic mass is 9.51. The zero-order valence-corrected chi connectivity index (χ0v) is 11.6. The molecular weight excluding hydrogens is 258 g/mol. The van der Waals surface area contributed by atoms with Crippen LogP contribution in [0.25, 0.3) is 0 Å². The van der Waals surface area contributed by atoms with Gasteiger partial charge in [0.15, 0.2) is 0 Å². The number of fused-ring (bicyclic) bond motifs is 1. The van der Waals surface area contributed by atoms with E-state index in [1.807, 2.05) is 0 Å². The first-order valence-electron chi connectivity index (χ1n) is 15.6. The van der Waals surface area contributed by atoms with Crippen LogP contribution in [-0.4, -0.2) is 31.5 Å². The summed E-state index contributed by atoms with van der Waals surface area (Å²) in [5.74, 6) is -7.34. The Morgan fingerprint density at radius 1 is 1.52 bits per heavy atom. The molecule has 4 atom stereocenters. The van der Waals surface area contributed by atoms with Crippen LogP contribution >= 0.6 is 0 Å². The van der Waals surface area contributed by atoms with Crippen molar-refractivity contribution in [2.45, 2.75) is 50.3 Å². The fourth-order valence-corrected chi connectivity index (χ4v) is 3.00. The number of likely N-dealkylation sites (N-methyl/N-ethyl adjacent to an activating group) is 1. The van der Waals surface area contributed by atoms with Crippen molar-refractivity contribution in [3.8, 4) is 5.75 Å². The maximum atomic E-state index is 9.66. The summed E-state index contributed by atoms with van der Waals surface area (Å²) in [6.45, 7) is -6.60. The van der Waals surface area contributed by atoms with Crippen molar-refractivity contribution in [2.75, 3.05) is 20.6 Å². The smallest absolute Gasteiger partial charge is 0.119 e. The number of hydrogen-bond donors (Lipinski definition) is 0. The molecule has 4 rings (SSSR count). The second-order valence-electron chi connectivity index (χ2n) is 5.25. The van der Waals surface area contributed by atoms with Crippen LogP contribution in [0.5, 0.6) is 5.75 Å². The van der Waals surface area contributed by atoms with Gasteiger partial charge in [-0.3, -0.25) is 0 Å². The Morgan fingerprint density at radius 3 is 3.24 bits per heavy atom. The van der Waals surface area contributed by atoms with Crippen molar-refractivity contribution >= 4 is 0 Å². The second-order valence-corrected chi connectivity index (χ2v) is 5.25. The summed E-state index contributed by atoms with van der Waals surface area (Å²) >= 11 is 0. The Labute approximate surface area is 153 Å². The van der Waals surface area contributed by atoms with Gasteiger partial charge in [0.25, 0.3) is 0 Å². The van der Waals surface area contributed by atoms with Crippen LogP contribution in [0, 0.1) is 11.8 Å². The van der Waals surface area contributed by atoms with Gasteiger partial charge in [0.1, 0.15) is 5.75 Å². The summed E-state index contributed by atoms with van der Waals surface area (Å²) < 4.78 is 163. The van der Waals surface area contributed by atoms with Crippen molar-refractivity contribution in [3.63, 3.8) is 0 Å². The van der Waals surface area contributed by atoms with Gasteiger partial charge in [-0.1, -0.05) is 13.0 Å². The van der Waals surface area contributed by atoms with E-state index >= 15 is 0 Å². The average molecular weight is 304 g/mol. The van der Waals surface area contributed by atoms with Crippen molar-refractivity contribution < 1.29 is 29.4 Å². The van der Waals surface area contributed by atoms with Crippen LogP contribution in [-0.2, 0) is 11.8 Å². The molecule has 0 aromatic heterocycles. The summed E-state index contributed by atoms with van der Waals surface area (Å²) in [5, 5.41) is 0. The molecule has 0 spiro atoms. The first-order valence-corrected chi connectivity index (χ1v) is 6.62. The van der Waals surface area contributed by atoms with Crippen LogP contribution in [0.2, 0.25) is 0 Å². The molecule has 1 saturated heterocycles. The summed E-state index contributed by atoms with van der Waals surface area (Å²) in [7, 11) is 0.995. The van der Waals surface area contributed by atoms with Gasteiger partial charge in [-0.05, 0) is 80.4 Å². The first kappa shape index (κ1) is 4.29. The molecule has 2 nitrogen and oxygen atoms in total. The minimum atomic E-state index is -3.99. The lowest BCUT2D eigenvalue weighted by Gasteiger charge is -2.59. The molecule has 114 valence electrons. The molecule has 0 N–H and O–H groups in total. The Hall–Kier alpha value is -1.02. The normalized spacial score (nSPS) is 70.7. The predicted octanol–water partition coefficient (Wildman–Crippen LogP) is 3.63. The van der Waals surface area contributed by atoms with Gasteiger partial charge < -0.3 is 9.64 Å². The number of piperidine rings is 1. The van der Waals surface area contributed by atoms with Gasteiger partial charge in [-0.15, -0.1) is 0 Å². The van der Waals surface area contributed by atoms with E-state index < -0.39 is 104 Å². The number of nitrogens with zero attached hydrogens (tertiary/aromatic N) is 1. The van der Waals surface area contributed by atoms with Gasteiger partial charge >= 0.3 is 0 Å². The largest absolute Gasteiger partial charge is 0.497 e. The summed E-state index contributed by atoms with van der Waals surface area (Å²) in [4.78, 5) is -0.0595. The Balaban J connectivity index is 2.45. The molecule has 1 aromatic rings. The SMILES string of the molecule is [2H]c1c([2H])c(OC)c([2H])c2c1C[C@@H]1N(C([2H])([2H])[2H])C([2H])([2H])C([2H])([2H])[C@]23C([2H])([2H])C([2H])([2H])C([2H])(C)C([2H])([2H])[C@]13[2H]. The first-order chi connectivity index (χ1) is 17.2. The lowest BCUT2D eigenvalue weighted by molar-refractivity contribution is -0.0112. The maximum absolute atomic E-state index is 9.66. The van der Waals surface area contributed by atoms with Crippen LogP contribution in [0.1, 0.15) is 68.2 Å². The van der Waals surface area contributed by atoms with Crippen LogP contribution in [0.4, 0.5) is 0 Å². The predicted molar refractivity (Wildman–Crippen MR) is 85.9 cm³/mol.